The Labute approximate surface area is 254 Å². The summed E-state index contributed by atoms with van der Waals surface area (Å²) in [4.78, 5) is 43.5. The summed E-state index contributed by atoms with van der Waals surface area (Å²) in [6.07, 6.45) is -0.508. The molecule has 7 nitrogen and oxygen atoms in total. The minimum Gasteiger partial charge on any atom is -0.444 e. The quantitative estimate of drug-likeness (QED) is 0.286. The van der Waals surface area contributed by atoms with Gasteiger partial charge in [-0.1, -0.05) is 78.3 Å². The summed E-state index contributed by atoms with van der Waals surface area (Å²) in [5, 5.41) is 6.19. The molecule has 0 heterocycles. The molecular weight excluding hydrogens is 550 g/mol. The fourth-order valence-electron chi connectivity index (χ4n) is 4.79. The second-order valence-electron chi connectivity index (χ2n) is 12.4. The second-order valence-corrected chi connectivity index (χ2v) is 12.9. The third-order valence-corrected chi connectivity index (χ3v) is 7.01. The van der Waals surface area contributed by atoms with Gasteiger partial charge in [0.15, 0.2) is 0 Å². The van der Waals surface area contributed by atoms with Crippen molar-refractivity contribution in [1.82, 2.24) is 10.2 Å². The highest BCUT2D eigenvalue weighted by atomic mass is 35.5. The number of halogens is 1. The van der Waals surface area contributed by atoms with E-state index in [9.17, 15) is 14.4 Å². The van der Waals surface area contributed by atoms with Gasteiger partial charge in [0.1, 0.15) is 17.7 Å². The fourth-order valence-corrected chi connectivity index (χ4v) is 5.05. The predicted octanol–water partition coefficient (Wildman–Crippen LogP) is 7.40. The Morgan fingerprint density at radius 2 is 1.43 bits per heavy atom. The SMILES string of the molecule is Cc1ccccc1C(C(=O)Nc1c(C)cccc1Cl)N(C(=O)C(Cc1ccccc1)NC(=O)OC(C)(C)C)C(C)(C)C. The van der Waals surface area contributed by atoms with Crippen molar-refractivity contribution < 1.29 is 19.1 Å². The number of benzene rings is 3. The molecular formula is C34H42ClN3O4. The Morgan fingerprint density at radius 1 is 0.833 bits per heavy atom. The topological polar surface area (TPSA) is 87.7 Å². The summed E-state index contributed by atoms with van der Waals surface area (Å²) in [7, 11) is 0. The summed E-state index contributed by atoms with van der Waals surface area (Å²) in [6.45, 7) is 14.7. The van der Waals surface area contributed by atoms with E-state index < -0.39 is 41.1 Å². The van der Waals surface area contributed by atoms with Gasteiger partial charge in [0, 0.05) is 12.0 Å². The molecule has 3 amide bonds. The number of aryl methyl sites for hydroxylation is 2. The van der Waals surface area contributed by atoms with Crippen molar-refractivity contribution in [3.63, 3.8) is 0 Å². The van der Waals surface area contributed by atoms with Crippen LogP contribution in [-0.2, 0) is 20.7 Å². The molecule has 0 saturated carbocycles. The number of nitrogens with one attached hydrogen (secondary N) is 2. The van der Waals surface area contributed by atoms with E-state index >= 15 is 0 Å². The maximum absolute atomic E-state index is 14.7. The van der Waals surface area contributed by atoms with Crippen LogP contribution in [0.2, 0.25) is 5.02 Å². The summed E-state index contributed by atoms with van der Waals surface area (Å²) >= 11 is 6.48. The van der Waals surface area contributed by atoms with Crippen LogP contribution in [0.4, 0.5) is 10.5 Å². The van der Waals surface area contributed by atoms with Crippen LogP contribution in [0.5, 0.6) is 0 Å². The van der Waals surface area contributed by atoms with E-state index in [-0.39, 0.29) is 6.42 Å². The van der Waals surface area contributed by atoms with E-state index in [0.29, 0.717) is 16.3 Å². The average Bonchev–Trinajstić information content (AvgIpc) is 2.88. The van der Waals surface area contributed by atoms with Gasteiger partial charge in [-0.05, 0) is 83.7 Å². The number of para-hydroxylation sites is 1. The smallest absolute Gasteiger partial charge is 0.408 e. The zero-order chi connectivity index (χ0) is 31.2. The first-order valence-corrected chi connectivity index (χ1v) is 14.4. The van der Waals surface area contributed by atoms with Crippen LogP contribution in [-0.4, -0.2) is 40.0 Å². The lowest BCUT2D eigenvalue weighted by Gasteiger charge is -2.43. The highest BCUT2D eigenvalue weighted by Gasteiger charge is 2.42. The van der Waals surface area contributed by atoms with Crippen molar-refractivity contribution in [3.8, 4) is 0 Å². The molecule has 0 spiro atoms. The van der Waals surface area contributed by atoms with E-state index in [1.807, 2.05) is 101 Å². The van der Waals surface area contributed by atoms with E-state index in [2.05, 4.69) is 10.6 Å². The molecule has 0 aliphatic carbocycles. The molecule has 0 radical (unpaired) electrons. The van der Waals surface area contributed by atoms with Gasteiger partial charge in [-0.15, -0.1) is 0 Å². The molecule has 42 heavy (non-hydrogen) atoms. The van der Waals surface area contributed by atoms with Crippen molar-refractivity contribution in [2.45, 2.75) is 85.0 Å². The van der Waals surface area contributed by atoms with E-state index in [4.69, 9.17) is 16.3 Å². The molecule has 0 fully saturated rings. The maximum Gasteiger partial charge on any atom is 0.408 e. The van der Waals surface area contributed by atoms with Crippen molar-refractivity contribution in [2.24, 2.45) is 0 Å². The molecule has 0 saturated heterocycles. The first kappa shape index (κ1) is 32.7. The molecule has 8 heteroatoms. The third-order valence-electron chi connectivity index (χ3n) is 6.69. The molecule has 224 valence electrons. The molecule has 3 aromatic rings. The number of anilines is 1. The molecule has 0 aliphatic heterocycles. The van der Waals surface area contributed by atoms with Gasteiger partial charge < -0.3 is 20.3 Å². The number of alkyl carbamates (subject to hydrolysis) is 1. The lowest BCUT2D eigenvalue weighted by atomic mass is 9.92. The van der Waals surface area contributed by atoms with Gasteiger partial charge in [-0.25, -0.2) is 4.79 Å². The second kappa shape index (κ2) is 13.4. The molecule has 3 rings (SSSR count). The first-order valence-electron chi connectivity index (χ1n) is 14.1. The third kappa shape index (κ3) is 8.58. The van der Waals surface area contributed by atoms with Gasteiger partial charge in [-0.2, -0.15) is 0 Å². The minimum atomic E-state index is -1.03. The average molecular weight is 592 g/mol. The lowest BCUT2D eigenvalue weighted by Crippen LogP contribution is -2.58. The summed E-state index contributed by atoms with van der Waals surface area (Å²) in [5.41, 5.74) is 2.04. The molecule has 0 aromatic heterocycles. The number of amides is 3. The van der Waals surface area contributed by atoms with Crippen LogP contribution in [0.3, 0.4) is 0 Å². The van der Waals surface area contributed by atoms with Gasteiger partial charge >= 0.3 is 6.09 Å². The van der Waals surface area contributed by atoms with E-state index in [1.54, 1.807) is 31.7 Å². The van der Waals surface area contributed by atoms with Gasteiger partial charge in [0.05, 0.1) is 10.7 Å². The van der Waals surface area contributed by atoms with Crippen molar-refractivity contribution >= 4 is 35.2 Å². The van der Waals surface area contributed by atoms with Crippen molar-refractivity contribution in [1.29, 1.82) is 0 Å². The minimum absolute atomic E-state index is 0.206. The van der Waals surface area contributed by atoms with Crippen LogP contribution >= 0.6 is 11.6 Å². The Bertz CT molecular complexity index is 1390. The molecule has 3 aromatic carbocycles. The zero-order valence-electron chi connectivity index (χ0n) is 25.7. The standard InChI is InChI=1S/C34H42ClN3O4/c1-22-15-12-13-19-25(22)29(30(39)37-28-23(2)16-14-20-26(28)35)38(33(3,4)5)31(40)27(21-24-17-10-9-11-18-24)36-32(41)42-34(6,7)8/h9-20,27,29H,21H2,1-8H3,(H,36,41)(H,37,39). The number of carbonyl (C=O) groups is 3. The summed E-state index contributed by atoms with van der Waals surface area (Å²) in [5.74, 6) is -0.837. The van der Waals surface area contributed by atoms with E-state index in [1.165, 1.54) is 0 Å². The Kier molecular flexibility index (Phi) is 10.4. The molecule has 2 unspecified atom stereocenters. The Morgan fingerprint density at radius 3 is 2.00 bits per heavy atom. The van der Waals surface area contributed by atoms with Gasteiger partial charge in [-0.3, -0.25) is 9.59 Å². The lowest BCUT2D eigenvalue weighted by molar-refractivity contribution is -0.146. The van der Waals surface area contributed by atoms with Gasteiger partial charge in [0.25, 0.3) is 5.91 Å². The number of nitrogens with zero attached hydrogens (tertiary/aromatic N) is 1. The monoisotopic (exact) mass is 591 g/mol. The zero-order valence-corrected chi connectivity index (χ0v) is 26.5. The van der Waals surface area contributed by atoms with Crippen LogP contribution in [0.1, 0.15) is 69.8 Å². The maximum atomic E-state index is 14.7. The van der Waals surface area contributed by atoms with Crippen LogP contribution in [0.15, 0.2) is 72.8 Å². The first-order chi connectivity index (χ1) is 19.6. The molecule has 0 aliphatic rings. The van der Waals surface area contributed by atoms with Crippen LogP contribution < -0.4 is 10.6 Å². The van der Waals surface area contributed by atoms with Crippen LogP contribution in [0.25, 0.3) is 0 Å². The van der Waals surface area contributed by atoms with Crippen LogP contribution in [0, 0.1) is 13.8 Å². The largest absolute Gasteiger partial charge is 0.444 e. The van der Waals surface area contributed by atoms with Gasteiger partial charge in [0.2, 0.25) is 5.91 Å². The predicted molar refractivity (Wildman–Crippen MR) is 169 cm³/mol. The number of hydrogen-bond donors (Lipinski definition) is 2. The van der Waals surface area contributed by atoms with Crippen molar-refractivity contribution in [2.75, 3.05) is 5.32 Å². The van der Waals surface area contributed by atoms with Crippen molar-refractivity contribution in [3.05, 3.63) is 100 Å². The highest BCUT2D eigenvalue weighted by Crippen LogP contribution is 2.34. The summed E-state index contributed by atoms with van der Waals surface area (Å²) < 4.78 is 5.52. The number of ether oxygens (including phenoxy) is 1. The number of rotatable bonds is 8. The highest BCUT2D eigenvalue weighted by molar-refractivity contribution is 6.34. The number of hydrogen-bond acceptors (Lipinski definition) is 4. The van der Waals surface area contributed by atoms with E-state index in [0.717, 1.165) is 16.7 Å². The molecule has 0 bridgehead atoms. The summed E-state index contributed by atoms with van der Waals surface area (Å²) in [6, 6.07) is 20.2. The fraction of sp³-hybridized carbons (Fsp3) is 0.382. The molecule has 2 atom stereocenters. The Hall–Kier alpha value is -3.84. The normalized spacial score (nSPS) is 13.1. The molecule has 2 N–H and O–H groups in total. The number of carbonyl (C=O) groups excluding carboxylic acids is 3. The Balaban J connectivity index is 2.14.